The van der Waals surface area contributed by atoms with Crippen LogP contribution >= 0.6 is 11.8 Å². The SMILES string of the molecule is CCC(N)Cc1cnc(Sc2cc(C)nn2C)nc1. The van der Waals surface area contributed by atoms with E-state index in [-0.39, 0.29) is 6.04 Å². The minimum Gasteiger partial charge on any atom is -0.327 e. The minimum atomic E-state index is 0.182. The zero-order valence-electron chi connectivity index (χ0n) is 11.5. The average molecular weight is 277 g/mol. The van der Waals surface area contributed by atoms with Crippen molar-refractivity contribution in [1.29, 1.82) is 0 Å². The summed E-state index contributed by atoms with van der Waals surface area (Å²) in [6, 6.07) is 2.20. The smallest absolute Gasteiger partial charge is 0.193 e. The molecule has 6 heteroatoms. The van der Waals surface area contributed by atoms with Crippen LogP contribution in [0.15, 0.2) is 28.6 Å². The molecular weight excluding hydrogens is 258 g/mol. The lowest BCUT2D eigenvalue weighted by Crippen LogP contribution is -2.21. The van der Waals surface area contributed by atoms with Gasteiger partial charge in [-0.2, -0.15) is 5.10 Å². The summed E-state index contributed by atoms with van der Waals surface area (Å²) in [5.74, 6) is 0. The molecule has 0 aliphatic carbocycles. The van der Waals surface area contributed by atoms with Gasteiger partial charge in [-0.1, -0.05) is 6.92 Å². The van der Waals surface area contributed by atoms with Crippen LogP contribution in [0.2, 0.25) is 0 Å². The van der Waals surface area contributed by atoms with E-state index < -0.39 is 0 Å². The lowest BCUT2D eigenvalue weighted by molar-refractivity contribution is 0.641. The van der Waals surface area contributed by atoms with Crippen LogP contribution in [-0.2, 0) is 13.5 Å². The molecule has 102 valence electrons. The van der Waals surface area contributed by atoms with Gasteiger partial charge in [-0.05, 0) is 43.2 Å². The molecule has 0 bridgehead atoms. The maximum Gasteiger partial charge on any atom is 0.193 e. The Kier molecular flexibility index (Phi) is 4.55. The number of hydrogen-bond donors (Lipinski definition) is 1. The Labute approximate surface area is 117 Å². The average Bonchev–Trinajstić information content (AvgIpc) is 2.70. The van der Waals surface area contributed by atoms with Gasteiger partial charge in [0.15, 0.2) is 5.16 Å². The van der Waals surface area contributed by atoms with Gasteiger partial charge >= 0.3 is 0 Å². The van der Waals surface area contributed by atoms with Crippen LogP contribution < -0.4 is 5.73 Å². The van der Waals surface area contributed by atoms with Crippen molar-refractivity contribution >= 4 is 11.8 Å². The molecule has 0 saturated heterocycles. The molecule has 2 rings (SSSR count). The van der Waals surface area contributed by atoms with Crippen LogP contribution in [-0.4, -0.2) is 25.8 Å². The van der Waals surface area contributed by atoms with Crippen molar-refractivity contribution in [1.82, 2.24) is 19.7 Å². The molecular formula is C13H19N5S. The molecule has 0 radical (unpaired) electrons. The maximum atomic E-state index is 5.92. The van der Waals surface area contributed by atoms with E-state index in [2.05, 4.69) is 22.0 Å². The lowest BCUT2D eigenvalue weighted by Gasteiger charge is -2.07. The molecule has 0 fully saturated rings. The van der Waals surface area contributed by atoms with Gasteiger partial charge in [0.05, 0.1) is 5.69 Å². The summed E-state index contributed by atoms with van der Waals surface area (Å²) in [6.45, 7) is 4.06. The Balaban J connectivity index is 2.04. The molecule has 2 N–H and O–H groups in total. The first kappa shape index (κ1) is 14.0. The zero-order chi connectivity index (χ0) is 13.8. The van der Waals surface area contributed by atoms with E-state index in [1.165, 1.54) is 11.8 Å². The quantitative estimate of drug-likeness (QED) is 0.846. The van der Waals surface area contributed by atoms with Crippen LogP contribution in [0.4, 0.5) is 0 Å². The summed E-state index contributed by atoms with van der Waals surface area (Å²) in [5.41, 5.74) is 8.00. The van der Waals surface area contributed by atoms with Crippen molar-refractivity contribution in [2.75, 3.05) is 0 Å². The fraction of sp³-hybridized carbons (Fsp3) is 0.462. The van der Waals surface area contributed by atoms with Crippen LogP contribution in [0.5, 0.6) is 0 Å². The van der Waals surface area contributed by atoms with Crippen LogP contribution in [0.25, 0.3) is 0 Å². The Bertz CT molecular complexity index is 534. The second-order valence-corrected chi connectivity index (χ2v) is 5.58. The van der Waals surface area contributed by atoms with Crippen molar-refractivity contribution < 1.29 is 0 Å². The molecule has 0 aliphatic rings. The van der Waals surface area contributed by atoms with Gasteiger partial charge in [0.25, 0.3) is 0 Å². The molecule has 1 unspecified atom stereocenters. The third-order valence-electron chi connectivity index (χ3n) is 2.86. The van der Waals surface area contributed by atoms with Crippen molar-refractivity contribution in [3.05, 3.63) is 29.7 Å². The molecule has 0 amide bonds. The third kappa shape index (κ3) is 3.78. The first-order valence-corrected chi connectivity index (χ1v) is 7.15. The fourth-order valence-electron chi connectivity index (χ4n) is 1.72. The molecule has 19 heavy (non-hydrogen) atoms. The molecule has 1 atom stereocenters. The summed E-state index contributed by atoms with van der Waals surface area (Å²) < 4.78 is 1.84. The van der Waals surface area contributed by atoms with Gasteiger partial charge in [-0.15, -0.1) is 0 Å². The number of aryl methyl sites for hydroxylation is 2. The highest BCUT2D eigenvalue weighted by molar-refractivity contribution is 7.99. The van der Waals surface area contributed by atoms with E-state index in [0.717, 1.165) is 34.3 Å². The number of rotatable bonds is 5. The minimum absolute atomic E-state index is 0.182. The standard InChI is InChI=1S/C13H19N5S/c1-4-11(14)6-10-7-15-13(16-8-10)19-12-5-9(2)17-18(12)3/h5,7-8,11H,4,6,14H2,1-3H3. The van der Waals surface area contributed by atoms with E-state index in [0.29, 0.717) is 0 Å². The highest BCUT2D eigenvalue weighted by atomic mass is 32.2. The molecule has 2 aromatic heterocycles. The predicted molar refractivity (Wildman–Crippen MR) is 76.1 cm³/mol. The Morgan fingerprint density at radius 2 is 2.05 bits per heavy atom. The summed E-state index contributed by atoms with van der Waals surface area (Å²) in [5, 5.41) is 6.07. The Morgan fingerprint density at radius 3 is 2.58 bits per heavy atom. The van der Waals surface area contributed by atoms with E-state index in [4.69, 9.17) is 5.73 Å². The van der Waals surface area contributed by atoms with Crippen molar-refractivity contribution in [2.45, 2.75) is 42.9 Å². The van der Waals surface area contributed by atoms with Gasteiger partial charge in [0.2, 0.25) is 0 Å². The first-order chi connectivity index (χ1) is 9.08. The van der Waals surface area contributed by atoms with Gasteiger partial charge in [0, 0.05) is 25.5 Å². The Hall–Kier alpha value is -1.40. The third-order valence-corrected chi connectivity index (χ3v) is 3.84. The summed E-state index contributed by atoms with van der Waals surface area (Å²) in [6.07, 6.45) is 5.50. The van der Waals surface area contributed by atoms with E-state index in [9.17, 15) is 0 Å². The summed E-state index contributed by atoms with van der Waals surface area (Å²) in [7, 11) is 1.92. The van der Waals surface area contributed by atoms with Gasteiger partial charge < -0.3 is 5.73 Å². The van der Waals surface area contributed by atoms with Crippen molar-refractivity contribution in [3.63, 3.8) is 0 Å². The molecule has 0 aliphatic heterocycles. The van der Waals surface area contributed by atoms with Crippen LogP contribution in [0.3, 0.4) is 0 Å². The predicted octanol–water partition coefficient (Wildman–Crippen LogP) is 1.95. The highest BCUT2D eigenvalue weighted by Crippen LogP contribution is 2.24. The summed E-state index contributed by atoms with van der Waals surface area (Å²) in [4.78, 5) is 8.73. The number of nitrogens with two attached hydrogens (primary N) is 1. The van der Waals surface area contributed by atoms with E-state index in [1.807, 2.05) is 37.1 Å². The van der Waals surface area contributed by atoms with E-state index >= 15 is 0 Å². The topological polar surface area (TPSA) is 69.6 Å². The van der Waals surface area contributed by atoms with Crippen LogP contribution in [0.1, 0.15) is 24.6 Å². The van der Waals surface area contributed by atoms with Crippen molar-refractivity contribution in [3.8, 4) is 0 Å². The number of hydrogen-bond acceptors (Lipinski definition) is 5. The second-order valence-electron chi connectivity index (χ2n) is 4.60. The van der Waals surface area contributed by atoms with Gasteiger partial charge in [-0.3, -0.25) is 4.68 Å². The highest BCUT2D eigenvalue weighted by Gasteiger charge is 2.07. The molecule has 5 nitrogen and oxygen atoms in total. The number of aromatic nitrogens is 4. The molecule has 2 heterocycles. The van der Waals surface area contributed by atoms with E-state index in [1.54, 1.807) is 0 Å². The number of nitrogens with zero attached hydrogens (tertiary/aromatic N) is 4. The first-order valence-electron chi connectivity index (χ1n) is 6.33. The van der Waals surface area contributed by atoms with Gasteiger partial charge in [0.1, 0.15) is 5.03 Å². The monoisotopic (exact) mass is 277 g/mol. The normalized spacial score (nSPS) is 12.6. The second kappa shape index (κ2) is 6.16. The maximum absolute atomic E-state index is 5.92. The van der Waals surface area contributed by atoms with Crippen LogP contribution in [0, 0.1) is 6.92 Å². The largest absolute Gasteiger partial charge is 0.327 e. The van der Waals surface area contributed by atoms with Gasteiger partial charge in [-0.25, -0.2) is 9.97 Å². The molecule has 0 spiro atoms. The zero-order valence-corrected chi connectivity index (χ0v) is 12.3. The lowest BCUT2D eigenvalue weighted by atomic mass is 10.1. The molecule has 2 aromatic rings. The fourth-order valence-corrected chi connectivity index (χ4v) is 2.52. The molecule has 0 aromatic carbocycles. The summed E-state index contributed by atoms with van der Waals surface area (Å²) >= 11 is 1.52. The van der Waals surface area contributed by atoms with Crippen molar-refractivity contribution in [2.24, 2.45) is 12.8 Å². The Morgan fingerprint density at radius 1 is 1.37 bits per heavy atom. The molecule has 0 saturated carbocycles.